The molecule has 2 heterocycles. The predicted octanol–water partition coefficient (Wildman–Crippen LogP) is 4.00. The van der Waals surface area contributed by atoms with Crippen LogP contribution < -0.4 is 15.4 Å². The van der Waals surface area contributed by atoms with Crippen molar-refractivity contribution in [2.24, 2.45) is 0 Å². The first-order valence-corrected chi connectivity index (χ1v) is 10.5. The fraction of sp³-hybridized carbons (Fsp3) is 0.478. The average Bonchev–Trinajstić information content (AvgIpc) is 2.72. The topological polar surface area (TPSA) is 66.5 Å². The predicted molar refractivity (Wildman–Crippen MR) is 115 cm³/mol. The average molecular weight is 433 g/mol. The number of nitrogens with one attached hydrogen (secondary N) is 2. The molecule has 0 spiro atoms. The van der Waals surface area contributed by atoms with Crippen molar-refractivity contribution < 1.29 is 18.3 Å². The van der Waals surface area contributed by atoms with Crippen LogP contribution >= 0.6 is 0 Å². The second kappa shape index (κ2) is 10.0. The van der Waals surface area contributed by atoms with Gasteiger partial charge >= 0.3 is 6.03 Å². The summed E-state index contributed by atoms with van der Waals surface area (Å²) in [5, 5.41) is 6.18. The number of amides is 2. The van der Waals surface area contributed by atoms with Crippen LogP contribution in [0.3, 0.4) is 0 Å². The molecule has 0 atom stereocenters. The number of carbonyl (C=O) groups excluding carboxylic acids is 1. The fourth-order valence-electron chi connectivity index (χ4n) is 3.51. The smallest absolute Gasteiger partial charge is 0.318 e. The summed E-state index contributed by atoms with van der Waals surface area (Å²) in [5.41, 5.74) is 0.694. The third-order valence-corrected chi connectivity index (χ3v) is 5.01. The van der Waals surface area contributed by atoms with E-state index in [9.17, 15) is 13.6 Å². The third kappa shape index (κ3) is 6.89. The van der Waals surface area contributed by atoms with Gasteiger partial charge in [-0.05, 0) is 64.4 Å². The van der Waals surface area contributed by atoms with Gasteiger partial charge in [0.25, 0.3) is 0 Å². The number of hydrogen-bond acceptors (Lipinski definition) is 4. The Kier molecular flexibility index (Phi) is 7.43. The largest absolute Gasteiger partial charge is 0.488 e. The molecular formula is C23H30F2N4O2. The van der Waals surface area contributed by atoms with Gasteiger partial charge in [-0.3, -0.25) is 4.98 Å². The molecule has 0 saturated carbocycles. The van der Waals surface area contributed by atoms with Crippen LogP contribution in [0.2, 0.25) is 0 Å². The fourth-order valence-corrected chi connectivity index (χ4v) is 3.51. The Morgan fingerprint density at radius 2 is 1.90 bits per heavy atom. The maximum atomic E-state index is 14.2. The second-order valence-corrected chi connectivity index (χ2v) is 8.71. The number of halogens is 2. The van der Waals surface area contributed by atoms with Gasteiger partial charge < -0.3 is 20.3 Å². The zero-order valence-electron chi connectivity index (χ0n) is 18.3. The van der Waals surface area contributed by atoms with Crippen LogP contribution in [0.4, 0.5) is 13.6 Å². The third-order valence-electron chi connectivity index (χ3n) is 5.01. The van der Waals surface area contributed by atoms with Gasteiger partial charge in [0.2, 0.25) is 0 Å². The van der Waals surface area contributed by atoms with Gasteiger partial charge in [0.1, 0.15) is 23.0 Å². The van der Waals surface area contributed by atoms with E-state index in [0.29, 0.717) is 6.54 Å². The molecule has 0 unspecified atom stereocenters. The highest BCUT2D eigenvalue weighted by Gasteiger charge is 2.27. The van der Waals surface area contributed by atoms with Crippen molar-refractivity contribution in [2.45, 2.75) is 58.3 Å². The van der Waals surface area contributed by atoms with Crippen molar-refractivity contribution in [1.82, 2.24) is 20.5 Å². The molecule has 2 N–H and O–H groups in total. The summed E-state index contributed by atoms with van der Waals surface area (Å²) >= 11 is 0. The van der Waals surface area contributed by atoms with Crippen LogP contribution in [0.15, 0.2) is 36.5 Å². The van der Waals surface area contributed by atoms with Crippen LogP contribution in [0.1, 0.15) is 44.9 Å². The first kappa shape index (κ1) is 22.9. The lowest BCUT2D eigenvalue weighted by atomic mass is 10.0. The molecule has 3 rings (SSSR count). The highest BCUT2D eigenvalue weighted by Crippen LogP contribution is 2.20. The van der Waals surface area contributed by atoms with Gasteiger partial charge in [0.05, 0.1) is 18.4 Å². The first-order chi connectivity index (χ1) is 14.7. The number of nitrogens with zero attached hydrogens (tertiary/aromatic N) is 2. The number of ether oxygens (including phenoxy) is 1. The van der Waals surface area contributed by atoms with E-state index < -0.39 is 11.6 Å². The monoisotopic (exact) mass is 432 g/mol. The molecule has 1 aliphatic rings. The number of piperidine rings is 1. The van der Waals surface area contributed by atoms with Crippen molar-refractivity contribution in [3.8, 4) is 5.75 Å². The molecule has 0 aliphatic carbocycles. The molecule has 1 saturated heterocycles. The number of hydrogen-bond donors (Lipinski definition) is 2. The van der Waals surface area contributed by atoms with Crippen LogP contribution in [0.5, 0.6) is 5.75 Å². The molecule has 6 nitrogen and oxygen atoms in total. The van der Waals surface area contributed by atoms with Gasteiger partial charge in [0.15, 0.2) is 0 Å². The highest BCUT2D eigenvalue weighted by molar-refractivity contribution is 5.74. The van der Waals surface area contributed by atoms with E-state index in [1.807, 2.05) is 45.0 Å². The molecule has 2 aromatic rings. The minimum absolute atomic E-state index is 0.0129. The van der Waals surface area contributed by atoms with Crippen molar-refractivity contribution in [2.75, 3.05) is 13.1 Å². The number of rotatable bonds is 6. The standard InChI is InChI=1S/C23H30F2N4O2/c1-23(2,3)31-19-6-4-16(5-7-19)13-28-22(30)29(18-8-10-26-11-9-18)15-21-20(25)12-17(24)14-27-21/h4-7,12,14,18,26H,8-11,13,15H2,1-3H3,(H,28,30). The van der Waals surface area contributed by atoms with Gasteiger partial charge in [-0.2, -0.15) is 0 Å². The maximum absolute atomic E-state index is 14.2. The summed E-state index contributed by atoms with van der Waals surface area (Å²) in [6.45, 7) is 7.82. The minimum atomic E-state index is -0.749. The van der Waals surface area contributed by atoms with Gasteiger partial charge in [-0.25, -0.2) is 13.6 Å². The Bertz CT molecular complexity index is 878. The lowest BCUT2D eigenvalue weighted by Gasteiger charge is -2.34. The minimum Gasteiger partial charge on any atom is -0.488 e. The first-order valence-electron chi connectivity index (χ1n) is 10.5. The Morgan fingerprint density at radius 1 is 1.23 bits per heavy atom. The number of benzene rings is 1. The molecule has 1 fully saturated rings. The Balaban J connectivity index is 1.66. The molecule has 1 aromatic carbocycles. The Hall–Kier alpha value is -2.74. The van der Waals surface area contributed by atoms with Crippen LogP contribution in [0.25, 0.3) is 0 Å². The summed E-state index contributed by atoms with van der Waals surface area (Å²) < 4.78 is 33.2. The molecule has 0 bridgehead atoms. The van der Waals surface area contributed by atoms with Gasteiger partial charge in [-0.1, -0.05) is 12.1 Å². The number of pyridine rings is 1. The zero-order valence-corrected chi connectivity index (χ0v) is 18.3. The molecule has 1 aliphatic heterocycles. The Morgan fingerprint density at radius 3 is 2.52 bits per heavy atom. The summed E-state index contributed by atoms with van der Waals surface area (Å²) in [5.74, 6) is -0.726. The van der Waals surface area contributed by atoms with E-state index in [1.165, 1.54) is 0 Å². The lowest BCUT2D eigenvalue weighted by Crippen LogP contribution is -2.49. The van der Waals surface area contributed by atoms with E-state index in [-0.39, 0.29) is 29.9 Å². The molecule has 31 heavy (non-hydrogen) atoms. The van der Waals surface area contributed by atoms with E-state index in [1.54, 1.807) is 4.90 Å². The number of urea groups is 1. The SMILES string of the molecule is CC(C)(C)Oc1ccc(CNC(=O)N(Cc2ncc(F)cc2F)C2CCNCC2)cc1. The maximum Gasteiger partial charge on any atom is 0.318 e. The zero-order chi connectivity index (χ0) is 22.4. The van der Waals surface area contributed by atoms with Crippen molar-refractivity contribution in [3.05, 3.63) is 59.4 Å². The van der Waals surface area contributed by atoms with Crippen molar-refractivity contribution in [1.29, 1.82) is 0 Å². The summed E-state index contributed by atoms with van der Waals surface area (Å²) in [4.78, 5) is 18.4. The van der Waals surface area contributed by atoms with Crippen molar-refractivity contribution in [3.63, 3.8) is 0 Å². The van der Waals surface area contributed by atoms with Crippen LogP contribution in [0, 0.1) is 11.6 Å². The van der Waals surface area contributed by atoms with E-state index in [2.05, 4.69) is 15.6 Å². The second-order valence-electron chi connectivity index (χ2n) is 8.71. The van der Waals surface area contributed by atoms with Crippen LogP contribution in [-0.2, 0) is 13.1 Å². The number of aromatic nitrogens is 1. The van der Waals surface area contributed by atoms with E-state index in [4.69, 9.17) is 4.74 Å². The lowest BCUT2D eigenvalue weighted by molar-refractivity contribution is 0.131. The summed E-state index contributed by atoms with van der Waals surface area (Å²) in [7, 11) is 0. The normalized spacial score (nSPS) is 14.9. The van der Waals surface area contributed by atoms with E-state index in [0.717, 1.165) is 49.5 Å². The molecular weight excluding hydrogens is 402 g/mol. The van der Waals surface area contributed by atoms with E-state index >= 15 is 0 Å². The molecule has 8 heteroatoms. The van der Waals surface area contributed by atoms with Crippen LogP contribution in [-0.4, -0.2) is 40.6 Å². The molecule has 1 aromatic heterocycles. The molecule has 168 valence electrons. The summed E-state index contributed by atoms with van der Waals surface area (Å²) in [6.07, 6.45) is 2.49. The number of carbonyl (C=O) groups is 1. The van der Waals surface area contributed by atoms with Gasteiger partial charge in [0, 0.05) is 18.7 Å². The Labute approximate surface area is 182 Å². The summed E-state index contributed by atoms with van der Waals surface area (Å²) in [6, 6.07) is 7.99. The van der Waals surface area contributed by atoms with Gasteiger partial charge in [-0.15, -0.1) is 0 Å². The molecule has 0 radical (unpaired) electrons. The quantitative estimate of drug-likeness (QED) is 0.724. The highest BCUT2D eigenvalue weighted by atomic mass is 19.1. The van der Waals surface area contributed by atoms with Crippen molar-refractivity contribution >= 4 is 6.03 Å². The molecule has 2 amide bonds.